The number of benzene rings is 1. The number of rotatable bonds is 5. The van der Waals surface area contributed by atoms with Gasteiger partial charge in [-0.1, -0.05) is 26.0 Å². The van der Waals surface area contributed by atoms with Crippen LogP contribution in [-0.2, 0) is 4.79 Å². The highest BCUT2D eigenvalue weighted by molar-refractivity contribution is 5.79. The van der Waals surface area contributed by atoms with Gasteiger partial charge in [0, 0.05) is 0 Å². The van der Waals surface area contributed by atoms with Crippen molar-refractivity contribution in [3.05, 3.63) is 24.3 Å². The lowest BCUT2D eigenvalue weighted by atomic mass is 9.85. The molecule has 3 nitrogen and oxygen atoms in total. The van der Waals surface area contributed by atoms with Crippen molar-refractivity contribution >= 4 is 5.97 Å². The minimum Gasteiger partial charge on any atom is -0.422 e. The third-order valence-electron chi connectivity index (χ3n) is 3.33. The standard InChI is InChI=1S/C14H17F3O3/c1-4-13(3,5-2)12(18)19-10-8-6-7-9-11(10)20-14(15,16)17/h6-9H,4-5H2,1-3H3. The summed E-state index contributed by atoms with van der Waals surface area (Å²) in [6, 6.07) is 5.22. The fourth-order valence-electron chi connectivity index (χ4n) is 1.51. The van der Waals surface area contributed by atoms with Crippen LogP contribution in [0.25, 0.3) is 0 Å². The summed E-state index contributed by atoms with van der Waals surface area (Å²) in [5.74, 6) is -1.33. The van der Waals surface area contributed by atoms with E-state index in [-0.39, 0.29) is 5.75 Å². The van der Waals surface area contributed by atoms with Gasteiger partial charge in [0.25, 0.3) is 0 Å². The molecule has 0 aromatic heterocycles. The minimum absolute atomic E-state index is 0.233. The molecule has 0 spiro atoms. The molecule has 0 aliphatic rings. The summed E-state index contributed by atoms with van der Waals surface area (Å²) < 4.78 is 45.7. The lowest BCUT2D eigenvalue weighted by Crippen LogP contribution is -2.31. The van der Waals surface area contributed by atoms with Crippen LogP contribution in [-0.4, -0.2) is 12.3 Å². The van der Waals surface area contributed by atoms with Gasteiger partial charge in [0.2, 0.25) is 0 Å². The largest absolute Gasteiger partial charge is 0.573 e. The summed E-state index contributed by atoms with van der Waals surface area (Å²) in [5, 5.41) is 0. The Kier molecular flexibility index (Phi) is 5.03. The number of hydrogen-bond acceptors (Lipinski definition) is 3. The van der Waals surface area contributed by atoms with E-state index in [4.69, 9.17) is 4.74 Å². The second-order valence-corrected chi connectivity index (χ2v) is 4.65. The number of esters is 1. The Hall–Kier alpha value is -1.72. The summed E-state index contributed by atoms with van der Waals surface area (Å²) in [7, 11) is 0. The SMILES string of the molecule is CCC(C)(CC)C(=O)Oc1ccccc1OC(F)(F)F. The van der Waals surface area contributed by atoms with Crippen LogP contribution < -0.4 is 9.47 Å². The van der Waals surface area contributed by atoms with Crippen LogP contribution in [0.3, 0.4) is 0 Å². The van der Waals surface area contributed by atoms with Gasteiger partial charge in [0.05, 0.1) is 5.41 Å². The highest BCUT2D eigenvalue weighted by Crippen LogP contribution is 2.34. The number of carbonyl (C=O) groups excluding carboxylic acids is 1. The molecule has 6 heteroatoms. The second-order valence-electron chi connectivity index (χ2n) is 4.65. The van der Waals surface area contributed by atoms with Gasteiger partial charge in [0.1, 0.15) is 0 Å². The number of ether oxygens (including phenoxy) is 2. The molecule has 20 heavy (non-hydrogen) atoms. The Morgan fingerprint density at radius 2 is 1.60 bits per heavy atom. The highest BCUT2D eigenvalue weighted by atomic mass is 19.4. The first kappa shape index (κ1) is 16.3. The Morgan fingerprint density at radius 1 is 1.10 bits per heavy atom. The molecule has 0 N–H and O–H groups in total. The topological polar surface area (TPSA) is 35.5 Å². The van der Waals surface area contributed by atoms with Crippen molar-refractivity contribution < 1.29 is 27.4 Å². The third-order valence-corrected chi connectivity index (χ3v) is 3.33. The Bertz CT molecular complexity index is 465. The molecule has 0 amide bonds. The Morgan fingerprint density at radius 3 is 2.05 bits per heavy atom. The van der Waals surface area contributed by atoms with E-state index in [1.807, 2.05) is 13.8 Å². The first-order valence-electron chi connectivity index (χ1n) is 6.29. The van der Waals surface area contributed by atoms with Crippen molar-refractivity contribution in [1.29, 1.82) is 0 Å². The Labute approximate surface area is 115 Å². The molecule has 0 radical (unpaired) electrons. The normalized spacial score (nSPS) is 12.1. The summed E-state index contributed by atoms with van der Waals surface area (Å²) in [5.41, 5.74) is -0.731. The molecule has 0 fully saturated rings. The zero-order chi connectivity index (χ0) is 15.4. The van der Waals surface area contributed by atoms with E-state index >= 15 is 0 Å². The van der Waals surface area contributed by atoms with Gasteiger partial charge in [-0.2, -0.15) is 0 Å². The van der Waals surface area contributed by atoms with E-state index in [9.17, 15) is 18.0 Å². The van der Waals surface area contributed by atoms with Crippen LogP contribution in [0.4, 0.5) is 13.2 Å². The molecule has 1 aromatic rings. The van der Waals surface area contributed by atoms with Crippen LogP contribution in [0, 0.1) is 5.41 Å². The maximum atomic E-state index is 12.3. The van der Waals surface area contributed by atoms with Gasteiger partial charge in [-0.15, -0.1) is 13.2 Å². The molecule has 0 atom stereocenters. The molecule has 1 rings (SSSR count). The monoisotopic (exact) mass is 290 g/mol. The van der Waals surface area contributed by atoms with Gasteiger partial charge in [-0.05, 0) is 31.9 Å². The number of alkyl halides is 3. The van der Waals surface area contributed by atoms with E-state index in [0.717, 1.165) is 6.07 Å². The lowest BCUT2D eigenvalue weighted by molar-refractivity contribution is -0.275. The van der Waals surface area contributed by atoms with Gasteiger partial charge >= 0.3 is 12.3 Å². The molecule has 0 saturated heterocycles. The fourth-order valence-corrected chi connectivity index (χ4v) is 1.51. The Balaban J connectivity index is 2.96. The van der Waals surface area contributed by atoms with Crippen molar-refractivity contribution in [2.75, 3.05) is 0 Å². The third kappa shape index (κ3) is 4.15. The molecular weight excluding hydrogens is 273 g/mol. The predicted molar refractivity (Wildman–Crippen MR) is 67.4 cm³/mol. The van der Waals surface area contributed by atoms with Crippen LogP contribution in [0.15, 0.2) is 24.3 Å². The number of para-hydroxylation sites is 2. The van der Waals surface area contributed by atoms with Crippen LogP contribution in [0.2, 0.25) is 0 Å². The van der Waals surface area contributed by atoms with E-state index < -0.39 is 23.5 Å². The maximum Gasteiger partial charge on any atom is 0.573 e. The second kappa shape index (κ2) is 6.15. The number of carbonyl (C=O) groups is 1. The quantitative estimate of drug-likeness (QED) is 0.598. The molecule has 0 aliphatic heterocycles. The smallest absolute Gasteiger partial charge is 0.422 e. The molecule has 112 valence electrons. The molecule has 0 bridgehead atoms. The molecular formula is C14H17F3O3. The predicted octanol–water partition coefficient (Wildman–Crippen LogP) is 4.32. The molecule has 0 heterocycles. The molecule has 0 saturated carbocycles. The molecule has 0 aliphatic carbocycles. The number of halogens is 3. The zero-order valence-electron chi connectivity index (χ0n) is 11.6. The summed E-state index contributed by atoms with van der Waals surface area (Å²) in [6.07, 6.45) is -3.77. The van der Waals surface area contributed by atoms with Crippen molar-refractivity contribution in [3.63, 3.8) is 0 Å². The first-order chi connectivity index (χ1) is 9.22. The molecule has 0 unspecified atom stereocenters. The van der Waals surface area contributed by atoms with Crippen molar-refractivity contribution in [1.82, 2.24) is 0 Å². The summed E-state index contributed by atoms with van der Waals surface area (Å²) in [4.78, 5) is 12.1. The van der Waals surface area contributed by atoms with Crippen molar-refractivity contribution in [2.24, 2.45) is 5.41 Å². The lowest BCUT2D eigenvalue weighted by Gasteiger charge is -2.24. The summed E-state index contributed by atoms with van der Waals surface area (Å²) in [6.45, 7) is 5.36. The first-order valence-corrected chi connectivity index (χ1v) is 6.29. The van der Waals surface area contributed by atoms with Crippen molar-refractivity contribution in [3.8, 4) is 11.5 Å². The van der Waals surface area contributed by atoms with Gasteiger partial charge in [-0.3, -0.25) is 4.79 Å². The number of hydrogen-bond donors (Lipinski definition) is 0. The maximum absolute atomic E-state index is 12.3. The van der Waals surface area contributed by atoms with E-state index in [2.05, 4.69) is 4.74 Å². The van der Waals surface area contributed by atoms with Crippen LogP contribution in [0.1, 0.15) is 33.6 Å². The van der Waals surface area contributed by atoms with Crippen molar-refractivity contribution in [2.45, 2.75) is 40.0 Å². The average Bonchev–Trinajstić information content (AvgIpc) is 2.38. The van der Waals surface area contributed by atoms with E-state index in [1.165, 1.54) is 18.2 Å². The van der Waals surface area contributed by atoms with E-state index in [0.29, 0.717) is 12.8 Å². The summed E-state index contributed by atoms with van der Waals surface area (Å²) >= 11 is 0. The average molecular weight is 290 g/mol. The van der Waals surface area contributed by atoms with Crippen LogP contribution in [0.5, 0.6) is 11.5 Å². The van der Waals surface area contributed by atoms with Crippen LogP contribution >= 0.6 is 0 Å². The molecule has 1 aromatic carbocycles. The highest BCUT2D eigenvalue weighted by Gasteiger charge is 2.35. The van der Waals surface area contributed by atoms with Gasteiger partial charge < -0.3 is 9.47 Å². The fraction of sp³-hybridized carbons (Fsp3) is 0.500. The van der Waals surface area contributed by atoms with E-state index in [1.54, 1.807) is 6.92 Å². The van der Waals surface area contributed by atoms with Gasteiger partial charge in [-0.25, -0.2) is 0 Å². The minimum atomic E-state index is -4.83. The zero-order valence-corrected chi connectivity index (χ0v) is 11.6. The van der Waals surface area contributed by atoms with Gasteiger partial charge in [0.15, 0.2) is 11.5 Å².